The van der Waals surface area contributed by atoms with Crippen molar-refractivity contribution in [2.45, 2.75) is 6.42 Å². The normalized spacial score (nSPS) is 15.5. The summed E-state index contributed by atoms with van der Waals surface area (Å²) in [5.74, 6) is 0.987. The lowest BCUT2D eigenvalue weighted by Crippen LogP contribution is -2.15. The van der Waals surface area contributed by atoms with Crippen molar-refractivity contribution in [1.82, 2.24) is 0 Å². The molecule has 0 saturated carbocycles. The van der Waals surface area contributed by atoms with Gasteiger partial charge in [-0.3, -0.25) is 0 Å². The minimum Gasteiger partial charge on any atom is -0.497 e. The van der Waals surface area contributed by atoms with E-state index in [9.17, 15) is 9.59 Å². The van der Waals surface area contributed by atoms with Gasteiger partial charge in [-0.1, -0.05) is 12.1 Å². The molecule has 2 aliphatic heterocycles. The Balaban J connectivity index is 1.76. The van der Waals surface area contributed by atoms with Gasteiger partial charge in [0.1, 0.15) is 24.7 Å². The van der Waals surface area contributed by atoms with Gasteiger partial charge in [0.05, 0.1) is 25.4 Å². The number of esters is 2. The van der Waals surface area contributed by atoms with Crippen molar-refractivity contribution in [3.63, 3.8) is 0 Å². The molecule has 0 saturated heterocycles. The van der Waals surface area contributed by atoms with Crippen LogP contribution in [-0.2, 0) is 20.7 Å². The summed E-state index contributed by atoms with van der Waals surface area (Å²) in [6.07, 6.45) is 0.182. The average Bonchev–Trinajstić information content (AvgIpc) is 3.00. The summed E-state index contributed by atoms with van der Waals surface area (Å²) in [7, 11) is 3.09. The topological polar surface area (TPSA) is 80.3 Å². The van der Waals surface area contributed by atoms with E-state index < -0.39 is 11.9 Å². The van der Waals surface area contributed by atoms with Gasteiger partial charge in [0.15, 0.2) is 11.5 Å². The molecule has 0 atom stereocenters. The van der Waals surface area contributed by atoms with Crippen molar-refractivity contribution < 1.29 is 33.3 Å². The van der Waals surface area contributed by atoms with E-state index in [1.165, 1.54) is 7.11 Å². The van der Waals surface area contributed by atoms with Gasteiger partial charge in [0.25, 0.3) is 0 Å². The maximum Gasteiger partial charge on any atom is 0.347 e. The Kier molecular flexibility index (Phi) is 4.65. The van der Waals surface area contributed by atoms with Crippen LogP contribution in [0.2, 0.25) is 0 Å². The molecule has 0 aliphatic carbocycles. The smallest absolute Gasteiger partial charge is 0.347 e. The van der Waals surface area contributed by atoms with Gasteiger partial charge in [0, 0.05) is 12.5 Å². The summed E-state index contributed by atoms with van der Waals surface area (Å²) >= 11 is 0. The molecule has 0 unspecified atom stereocenters. The van der Waals surface area contributed by atoms with Crippen molar-refractivity contribution >= 4 is 17.5 Å². The van der Waals surface area contributed by atoms with Crippen molar-refractivity contribution in [3.8, 4) is 23.0 Å². The molecule has 0 radical (unpaired) electrons. The van der Waals surface area contributed by atoms with Crippen LogP contribution in [0.5, 0.6) is 23.0 Å². The van der Waals surface area contributed by atoms with Crippen LogP contribution in [0, 0.1) is 0 Å². The molecule has 0 bridgehead atoms. The highest BCUT2D eigenvalue weighted by Gasteiger charge is 2.35. The number of benzene rings is 2. The van der Waals surface area contributed by atoms with E-state index in [0.717, 1.165) is 5.56 Å². The fourth-order valence-electron chi connectivity index (χ4n) is 3.26. The third kappa shape index (κ3) is 3.15. The minimum absolute atomic E-state index is 0.182. The summed E-state index contributed by atoms with van der Waals surface area (Å²) in [5, 5.41) is 0. The number of ether oxygens (including phenoxy) is 5. The average molecular weight is 382 g/mol. The van der Waals surface area contributed by atoms with Crippen molar-refractivity contribution in [1.29, 1.82) is 0 Å². The molecule has 144 valence electrons. The second kappa shape index (κ2) is 7.26. The Hall–Kier alpha value is -3.48. The first-order valence-electron chi connectivity index (χ1n) is 8.71. The monoisotopic (exact) mass is 382 g/mol. The fraction of sp³-hybridized carbons (Fsp3) is 0.238. The van der Waals surface area contributed by atoms with Gasteiger partial charge in [-0.25, -0.2) is 9.59 Å². The van der Waals surface area contributed by atoms with Gasteiger partial charge >= 0.3 is 11.9 Å². The summed E-state index contributed by atoms with van der Waals surface area (Å²) in [4.78, 5) is 24.7. The molecule has 0 aromatic heterocycles. The maximum atomic E-state index is 12.4. The number of rotatable bonds is 5. The SMILES string of the molecule is COc1ccc(CC2=C(c3ccc4c(c3)OCCO4)C(=O)OC2=O)c(OC)c1. The number of methoxy groups -OCH3 is 2. The van der Waals surface area contributed by atoms with Crippen molar-refractivity contribution in [2.75, 3.05) is 27.4 Å². The van der Waals surface area contributed by atoms with E-state index in [4.69, 9.17) is 23.7 Å². The number of carbonyl (C=O) groups excluding carboxylic acids is 2. The zero-order valence-corrected chi connectivity index (χ0v) is 15.4. The van der Waals surface area contributed by atoms with Gasteiger partial charge in [-0.05, 0) is 29.3 Å². The third-order valence-electron chi connectivity index (χ3n) is 4.63. The number of cyclic esters (lactones) is 2. The molecule has 0 spiro atoms. The molecule has 0 N–H and O–H groups in total. The Morgan fingerprint density at radius 2 is 1.68 bits per heavy atom. The first-order chi connectivity index (χ1) is 13.6. The molecule has 2 aromatic rings. The summed E-state index contributed by atoms with van der Waals surface area (Å²) in [6, 6.07) is 10.4. The number of hydrogen-bond donors (Lipinski definition) is 0. The van der Waals surface area contributed by atoms with E-state index >= 15 is 0 Å². The molecule has 0 fully saturated rings. The van der Waals surface area contributed by atoms with Crippen LogP contribution in [0.25, 0.3) is 5.57 Å². The third-order valence-corrected chi connectivity index (χ3v) is 4.63. The van der Waals surface area contributed by atoms with Gasteiger partial charge in [0.2, 0.25) is 0 Å². The minimum atomic E-state index is -0.677. The van der Waals surface area contributed by atoms with E-state index in [2.05, 4.69) is 0 Å². The Bertz CT molecular complexity index is 990. The van der Waals surface area contributed by atoms with Crippen LogP contribution in [0.4, 0.5) is 0 Å². The summed E-state index contributed by atoms with van der Waals surface area (Å²) < 4.78 is 26.6. The number of fused-ring (bicyclic) bond motifs is 1. The second-order valence-electron chi connectivity index (χ2n) is 6.24. The highest BCUT2D eigenvalue weighted by atomic mass is 16.6. The first kappa shape index (κ1) is 17.9. The predicted molar refractivity (Wildman–Crippen MR) is 98.7 cm³/mol. The van der Waals surface area contributed by atoms with Gasteiger partial charge in [-0.15, -0.1) is 0 Å². The molecular weight excluding hydrogens is 364 g/mol. The van der Waals surface area contributed by atoms with Crippen LogP contribution in [-0.4, -0.2) is 39.4 Å². The lowest BCUT2D eigenvalue weighted by Gasteiger charge is -2.19. The van der Waals surface area contributed by atoms with E-state index in [1.54, 1.807) is 43.5 Å². The number of carbonyl (C=O) groups is 2. The quantitative estimate of drug-likeness (QED) is 0.581. The fourth-order valence-corrected chi connectivity index (χ4v) is 3.26. The highest BCUT2D eigenvalue weighted by Crippen LogP contribution is 2.37. The standard InChI is InChI=1S/C21H18O7/c1-24-14-5-3-12(17(11-14)25-2)9-15-19(21(23)28-20(15)22)13-4-6-16-18(10-13)27-8-7-26-16/h3-6,10-11H,7-9H2,1-2H3. The Morgan fingerprint density at radius 3 is 2.43 bits per heavy atom. The molecule has 28 heavy (non-hydrogen) atoms. The van der Waals surface area contributed by atoms with E-state index in [0.29, 0.717) is 41.8 Å². The molecular formula is C21H18O7. The maximum absolute atomic E-state index is 12.4. The molecule has 2 aromatic carbocycles. The zero-order valence-electron chi connectivity index (χ0n) is 15.4. The molecule has 2 aliphatic rings. The van der Waals surface area contributed by atoms with Gasteiger partial charge in [-0.2, -0.15) is 0 Å². The lowest BCUT2D eigenvalue weighted by atomic mass is 9.95. The van der Waals surface area contributed by atoms with Crippen LogP contribution >= 0.6 is 0 Å². The molecule has 4 rings (SSSR count). The summed E-state index contributed by atoms with van der Waals surface area (Å²) in [6.45, 7) is 0.896. The van der Waals surface area contributed by atoms with E-state index in [1.807, 2.05) is 0 Å². The van der Waals surface area contributed by atoms with Crippen LogP contribution in [0.1, 0.15) is 11.1 Å². The molecule has 0 amide bonds. The Labute approximate surface area is 161 Å². The molecule has 7 nitrogen and oxygen atoms in total. The number of hydrogen-bond acceptors (Lipinski definition) is 7. The highest BCUT2D eigenvalue weighted by molar-refractivity contribution is 6.31. The van der Waals surface area contributed by atoms with Crippen LogP contribution in [0.15, 0.2) is 42.0 Å². The lowest BCUT2D eigenvalue weighted by molar-refractivity contribution is -0.150. The largest absolute Gasteiger partial charge is 0.497 e. The van der Waals surface area contributed by atoms with E-state index in [-0.39, 0.29) is 17.6 Å². The summed E-state index contributed by atoms with van der Waals surface area (Å²) in [5.41, 5.74) is 1.77. The molecule has 2 heterocycles. The first-order valence-corrected chi connectivity index (χ1v) is 8.71. The Morgan fingerprint density at radius 1 is 0.893 bits per heavy atom. The van der Waals surface area contributed by atoms with Crippen molar-refractivity contribution in [3.05, 3.63) is 53.1 Å². The predicted octanol–water partition coefficient (Wildman–Crippen LogP) is 2.55. The van der Waals surface area contributed by atoms with Crippen LogP contribution < -0.4 is 18.9 Å². The van der Waals surface area contributed by atoms with Crippen LogP contribution in [0.3, 0.4) is 0 Å². The van der Waals surface area contributed by atoms with Gasteiger partial charge < -0.3 is 23.7 Å². The second-order valence-corrected chi connectivity index (χ2v) is 6.24. The zero-order chi connectivity index (χ0) is 19.7. The molecule has 7 heteroatoms. The van der Waals surface area contributed by atoms with Crippen molar-refractivity contribution in [2.24, 2.45) is 0 Å².